The van der Waals surface area contributed by atoms with Gasteiger partial charge in [0.1, 0.15) is 0 Å². The highest BCUT2D eigenvalue weighted by Gasteiger charge is 2.26. The number of carboxylic acids is 2. The molecular weight excluding hydrogens is 414 g/mol. The summed E-state index contributed by atoms with van der Waals surface area (Å²) in [4.78, 5) is 21.9. The number of carboxylic acid groups (broad SMARTS) is 2. The molecule has 16 heavy (non-hydrogen) atoms. The summed E-state index contributed by atoms with van der Waals surface area (Å²) >= 11 is 8.99. The highest BCUT2D eigenvalue weighted by molar-refractivity contribution is 9.13. The predicted molar refractivity (Wildman–Crippen MR) is 67.9 cm³/mol. The zero-order valence-corrected chi connectivity index (χ0v) is 12.2. The van der Waals surface area contributed by atoms with Crippen LogP contribution in [-0.2, 0) is 0 Å². The van der Waals surface area contributed by atoms with Crippen LogP contribution in [0.5, 0.6) is 0 Å². The summed E-state index contributed by atoms with van der Waals surface area (Å²) < 4.78 is 0.319. The Morgan fingerprint density at radius 3 is 1.69 bits per heavy atom. The Balaban J connectivity index is 3.80. The summed E-state index contributed by atoms with van der Waals surface area (Å²) in [6, 6.07) is 0. The Hall–Kier alpha value is -0.600. The average Bonchev–Trinajstić information content (AvgIpc) is 2.13. The van der Waals surface area contributed by atoms with E-state index < -0.39 is 11.9 Å². The highest BCUT2D eigenvalue weighted by atomic mass is 79.9. The minimum atomic E-state index is -1.31. The van der Waals surface area contributed by atoms with Crippen LogP contribution in [0, 0.1) is 0 Å². The molecule has 0 aliphatic heterocycles. The van der Waals surface area contributed by atoms with Crippen LogP contribution >= 0.6 is 47.8 Å². The summed E-state index contributed by atoms with van der Waals surface area (Å²) in [5, 5.41) is 17.9. The number of nitrogens with two attached hydrogens (primary N) is 1. The second-order valence-electron chi connectivity index (χ2n) is 2.72. The van der Waals surface area contributed by atoms with Gasteiger partial charge in [0.25, 0.3) is 0 Å². The van der Waals surface area contributed by atoms with Crippen molar-refractivity contribution in [2.24, 2.45) is 0 Å². The molecular formula is C8H4Br3NO4. The Labute approximate surface area is 115 Å². The fourth-order valence-corrected chi connectivity index (χ4v) is 3.07. The van der Waals surface area contributed by atoms with E-state index >= 15 is 0 Å². The molecule has 0 fully saturated rings. The summed E-state index contributed by atoms with van der Waals surface area (Å²) in [6.07, 6.45) is 0. The van der Waals surface area contributed by atoms with Crippen molar-refractivity contribution >= 4 is 65.4 Å². The van der Waals surface area contributed by atoms with Gasteiger partial charge in [0, 0.05) is 8.95 Å². The Morgan fingerprint density at radius 2 is 1.31 bits per heavy atom. The standard InChI is InChI=1S/C8H4Br3NO4/c9-3-1(7(13)14)4(10)5(11)6(12)2(3)8(15)16/h12H2,(H,13,14)(H,15,16). The molecule has 0 amide bonds. The first kappa shape index (κ1) is 13.5. The largest absolute Gasteiger partial charge is 0.478 e. The lowest BCUT2D eigenvalue weighted by molar-refractivity contribution is 0.0695. The topological polar surface area (TPSA) is 101 Å². The summed E-state index contributed by atoms with van der Waals surface area (Å²) in [5.74, 6) is -2.57. The molecule has 0 saturated heterocycles. The van der Waals surface area contributed by atoms with Crippen LogP contribution in [0.25, 0.3) is 0 Å². The molecule has 0 radical (unpaired) electrons. The summed E-state index contributed by atoms with van der Waals surface area (Å²) in [7, 11) is 0. The van der Waals surface area contributed by atoms with Crippen molar-refractivity contribution in [1.29, 1.82) is 0 Å². The van der Waals surface area contributed by atoms with Gasteiger partial charge in [0.2, 0.25) is 0 Å². The van der Waals surface area contributed by atoms with Crippen molar-refractivity contribution in [3.8, 4) is 0 Å². The Kier molecular flexibility index (Phi) is 3.97. The number of aromatic carboxylic acids is 2. The van der Waals surface area contributed by atoms with E-state index in [0.717, 1.165) is 0 Å². The highest BCUT2D eigenvalue weighted by Crippen LogP contribution is 2.40. The fourth-order valence-electron chi connectivity index (χ4n) is 1.07. The van der Waals surface area contributed by atoms with Crippen LogP contribution in [0.3, 0.4) is 0 Å². The fraction of sp³-hybridized carbons (Fsp3) is 0. The zero-order chi connectivity index (χ0) is 12.6. The van der Waals surface area contributed by atoms with E-state index in [1.807, 2.05) is 0 Å². The van der Waals surface area contributed by atoms with Gasteiger partial charge in [0.15, 0.2) is 0 Å². The van der Waals surface area contributed by atoms with Crippen molar-refractivity contribution in [1.82, 2.24) is 0 Å². The van der Waals surface area contributed by atoms with Crippen molar-refractivity contribution < 1.29 is 19.8 Å². The van der Waals surface area contributed by atoms with E-state index in [1.54, 1.807) is 0 Å². The Bertz CT molecular complexity index is 460. The third-order valence-electron chi connectivity index (χ3n) is 1.78. The van der Waals surface area contributed by atoms with Gasteiger partial charge in [-0.1, -0.05) is 0 Å². The van der Waals surface area contributed by atoms with Gasteiger partial charge >= 0.3 is 11.9 Å². The quantitative estimate of drug-likeness (QED) is 0.507. The zero-order valence-electron chi connectivity index (χ0n) is 7.42. The molecule has 5 nitrogen and oxygen atoms in total. The molecule has 0 heterocycles. The van der Waals surface area contributed by atoms with Crippen molar-refractivity contribution in [2.75, 3.05) is 5.73 Å². The van der Waals surface area contributed by atoms with Crippen molar-refractivity contribution in [2.45, 2.75) is 0 Å². The van der Waals surface area contributed by atoms with Crippen LogP contribution in [-0.4, -0.2) is 22.2 Å². The molecule has 4 N–H and O–H groups in total. The van der Waals surface area contributed by atoms with Gasteiger partial charge in [-0.15, -0.1) is 0 Å². The lowest BCUT2D eigenvalue weighted by Crippen LogP contribution is -2.10. The first-order valence-corrected chi connectivity index (χ1v) is 6.09. The molecule has 1 rings (SSSR count). The van der Waals surface area contributed by atoms with Crippen LogP contribution in [0.4, 0.5) is 5.69 Å². The molecule has 8 heteroatoms. The van der Waals surface area contributed by atoms with Crippen molar-refractivity contribution in [3.05, 3.63) is 24.5 Å². The minimum absolute atomic E-state index is 0.0451. The maximum atomic E-state index is 11.0. The molecule has 1 aromatic rings. The summed E-state index contributed by atoms with van der Waals surface area (Å²) in [5.41, 5.74) is 5.05. The van der Waals surface area contributed by atoms with Crippen LogP contribution in [0.2, 0.25) is 0 Å². The number of halogens is 3. The van der Waals surface area contributed by atoms with Crippen LogP contribution < -0.4 is 5.73 Å². The van der Waals surface area contributed by atoms with Gasteiger partial charge in [0.05, 0.1) is 21.3 Å². The van der Waals surface area contributed by atoms with Gasteiger partial charge in [-0.25, -0.2) is 9.59 Å². The van der Waals surface area contributed by atoms with E-state index in [0.29, 0.717) is 0 Å². The number of carbonyl (C=O) groups is 2. The maximum absolute atomic E-state index is 11.0. The molecule has 0 aromatic heterocycles. The van der Waals surface area contributed by atoms with Gasteiger partial charge < -0.3 is 15.9 Å². The third-order valence-corrected chi connectivity index (χ3v) is 4.73. The summed E-state index contributed by atoms with van der Waals surface area (Å²) in [6.45, 7) is 0. The number of anilines is 1. The molecule has 0 unspecified atom stereocenters. The van der Waals surface area contributed by atoms with Crippen molar-refractivity contribution in [3.63, 3.8) is 0 Å². The molecule has 86 valence electrons. The van der Waals surface area contributed by atoms with Gasteiger partial charge in [-0.3, -0.25) is 0 Å². The molecule has 0 saturated carbocycles. The number of hydrogen-bond donors (Lipinski definition) is 3. The predicted octanol–water partition coefficient (Wildman–Crippen LogP) is 2.95. The molecule has 0 bridgehead atoms. The van der Waals surface area contributed by atoms with Crippen LogP contribution in [0.1, 0.15) is 20.7 Å². The number of hydrogen-bond acceptors (Lipinski definition) is 3. The minimum Gasteiger partial charge on any atom is -0.478 e. The van der Waals surface area contributed by atoms with E-state index in [4.69, 9.17) is 15.9 Å². The molecule has 1 aromatic carbocycles. The molecule has 0 aliphatic carbocycles. The van der Waals surface area contributed by atoms with Gasteiger partial charge in [-0.2, -0.15) is 0 Å². The van der Waals surface area contributed by atoms with E-state index in [1.165, 1.54) is 0 Å². The van der Waals surface area contributed by atoms with Crippen LogP contribution in [0.15, 0.2) is 13.4 Å². The van der Waals surface area contributed by atoms with Gasteiger partial charge in [-0.05, 0) is 47.8 Å². The normalized spacial score (nSPS) is 10.2. The molecule has 0 aliphatic rings. The smallest absolute Gasteiger partial charge is 0.339 e. The first-order valence-electron chi connectivity index (χ1n) is 3.71. The Morgan fingerprint density at radius 1 is 0.875 bits per heavy atom. The lowest BCUT2D eigenvalue weighted by atomic mass is 10.1. The second kappa shape index (κ2) is 4.72. The van der Waals surface area contributed by atoms with E-state index in [-0.39, 0.29) is 30.2 Å². The second-order valence-corrected chi connectivity index (χ2v) is 5.09. The first-order chi connectivity index (χ1) is 7.29. The van der Waals surface area contributed by atoms with E-state index in [2.05, 4.69) is 47.8 Å². The number of benzene rings is 1. The molecule has 0 atom stereocenters. The maximum Gasteiger partial charge on any atom is 0.339 e. The number of rotatable bonds is 2. The number of nitrogen functional groups attached to an aromatic ring is 1. The SMILES string of the molecule is Nc1c(Br)c(Br)c(C(=O)O)c(Br)c1C(=O)O. The monoisotopic (exact) mass is 415 g/mol. The van der Waals surface area contributed by atoms with E-state index in [9.17, 15) is 9.59 Å². The molecule has 0 spiro atoms. The average molecular weight is 418 g/mol. The third kappa shape index (κ3) is 2.09. The lowest BCUT2D eigenvalue weighted by Gasteiger charge is -2.11.